The number of anilines is 3. The number of nitrogens with zero attached hydrogens (tertiary/aromatic N) is 6. The standard InChI is InChI=1S/C27H32F3N7O3S/c28-21-17-31-25(36-11-7-27(29,30)8-12-36)33-24(21)19-16-32-37(18-19)22-2-1-20(34-41(39,40)14-13-38)15-23(22)35-9-5-26(3-4-26)6-10-35/h1-2,15-18,34,38H,3-14H2. The number of sulfonamides is 1. The average molecular weight is 592 g/mol. The summed E-state index contributed by atoms with van der Waals surface area (Å²) in [7, 11) is -3.72. The van der Waals surface area contributed by atoms with Gasteiger partial charge >= 0.3 is 0 Å². The Morgan fingerprint density at radius 1 is 0.951 bits per heavy atom. The van der Waals surface area contributed by atoms with E-state index in [1.165, 1.54) is 19.0 Å². The number of halogens is 3. The van der Waals surface area contributed by atoms with Gasteiger partial charge in [-0.25, -0.2) is 36.2 Å². The highest BCUT2D eigenvalue weighted by Gasteiger charge is 2.44. The molecule has 0 atom stereocenters. The maximum absolute atomic E-state index is 14.9. The highest BCUT2D eigenvalue weighted by Crippen LogP contribution is 2.54. The van der Waals surface area contributed by atoms with Crippen molar-refractivity contribution in [2.24, 2.45) is 5.41 Å². The molecule has 1 aliphatic carbocycles. The number of aliphatic hydroxyl groups is 1. The first kappa shape index (κ1) is 27.8. The van der Waals surface area contributed by atoms with E-state index in [1.807, 2.05) is 0 Å². The Morgan fingerprint density at radius 3 is 2.34 bits per heavy atom. The van der Waals surface area contributed by atoms with Crippen molar-refractivity contribution in [3.8, 4) is 16.9 Å². The Morgan fingerprint density at radius 2 is 1.66 bits per heavy atom. The Kier molecular flexibility index (Phi) is 7.09. The number of piperidine rings is 2. The van der Waals surface area contributed by atoms with Gasteiger partial charge in [0.25, 0.3) is 5.92 Å². The predicted octanol–water partition coefficient (Wildman–Crippen LogP) is 3.82. The second-order valence-electron chi connectivity index (χ2n) is 11.2. The lowest BCUT2D eigenvalue weighted by Crippen LogP contribution is -2.40. The number of alkyl halides is 2. The molecule has 2 aromatic heterocycles. The minimum absolute atomic E-state index is 0.0159. The maximum atomic E-state index is 14.9. The van der Waals surface area contributed by atoms with Gasteiger partial charge < -0.3 is 14.9 Å². The quantitative estimate of drug-likeness (QED) is 0.406. The molecule has 6 rings (SSSR count). The van der Waals surface area contributed by atoms with Gasteiger partial charge in [0.15, 0.2) is 5.82 Å². The lowest BCUT2D eigenvalue weighted by Gasteiger charge is -2.35. The highest BCUT2D eigenvalue weighted by atomic mass is 32.2. The fraction of sp³-hybridized carbons (Fsp3) is 0.519. The van der Waals surface area contributed by atoms with Crippen LogP contribution >= 0.6 is 0 Å². The van der Waals surface area contributed by atoms with Crippen LogP contribution < -0.4 is 14.5 Å². The SMILES string of the molecule is O=S(=O)(CCO)Nc1ccc(-n2cc(-c3nc(N4CCC(F)(F)CC4)ncc3F)cn2)c(N2CCC3(CC2)CC3)c1. The van der Waals surface area contributed by atoms with Crippen LogP contribution in [0.1, 0.15) is 38.5 Å². The summed E-state index contributed by atoms with van der Waals surface area (Å²) < 4.78 is 70.9. The van der Waals surface area contributed by atoms with Crippen LogP contribution in [0.2, 0.25) is 0 Å². The summed E-state index contributed by atoms with van der Waals surface area (Å²) in [6.07, 6.45) is 8.12. The molecule has 2 N–H and O–H groups in total. The summed E-state index contributed by atoms with van der Waals surface area (Å²) in [6, 6.07) is 5.13. The van der Waals surface area contributed by atoms with Crippen LogP contribution in [0, 0.1) is 11.2 Å². The fourth-order valence-corrected chi connectivity index (χ4v) is 6.44. The molecule has 10 nitrogen and oxygen atoms in total. The summed E-state index contributed by atoms with van der Waals surface area (Å²) >= 11 is 0. The molecular formula is C27H32F3N7O3S. The lowest BCUT2D eigenvalue weighted by molar-refractivity contribution is -0.0222. The molecule has 0 bridgehead atoms. The molecule has 41 heavy (non-hydrogen) atoms. The molecule has 0 radical (unpaired) electrons. The second kappa shape index (κ2) is 10.5. The summed E-state index contributed by atoms with van der Waals surface area (Å²) in [4.78, 5) is 12.2. The zero-order valence-electron chi connectivity index (χ0n) is 22.4. The molecule has 14 heteroatoms. The Bertz CT molecular complexity index is 1520. The molecule has 3 fully saturated rings. The fourth-order valence-electron chi connectivity index (χ4n) is 5.61. The van der Waals surface area contributed by atoms with Gasteiger partial charge in [-0.1, -0.05) is 0 Å². The van der Waals surface area contributed by atoms with Crippen molar-refractivity contribution in [1.82, 2.24) is 19.7 Å². The number of aromatic nitrogens is 4. The Hall–Kier alpha value is -3.39. The van der Waals surface area contributed by atoms with Crippen LogP contribution in [0.5, 0.6) is 0 Å². The molecule has 220 valence electrons. The van der Waals surface area contributed by atoms with E-state index in [1.54, 1.807) is 34.0 Å². The summed E-state index contributed by atoms with van der Waals surface area (Å²) in [5.74, 6) is -3.60. The smallest absolute Gasteiger partial charge is 0.251 e. The number of rotatable bonds is 8. The van der Waals surface area contributed by atoms with Gasteiger partial charge in [0.2, 0.25) is 16.0 Å². The molecular weight excluding hydrogens is 559 g/mol. The van der Waals surface area contributed by atoms with E-state index in [4.69, 9.17) is 5.11 Å². The number of hydrogen-bond acceptors (Lipinski definition) is 8. The van der Waals surface area contributed by atoms with Gasteiger partial charge in [-0.2, -0.15) is 5.10 Å². The van der Waals surface area contributed by atoms with E-state index < -0.39 is 34.1 Å². The van der Waals surface area contributed by atoms with Crippen molar-refractivity contribution in [2.45, 2.75) is 44.4 Å². The van der Waals surface area contributed by atoms with E-state index in [0.717, 1.165) is 37.8 Å². The van der Waals surface area contributed by atoms with Crippen LogP contribution in [0.15, 0.2) is 36.8 Å². The number of hydrogen-bond donors (Lipinski definition) is 2. The largest absolute Gasteiger partial charge is 0.395 e. The lowest BCUT2D eigenvalue weighted by atomic mass is 9.93. The number of nitrogens with one attached hydrogen (secondary N) is 1. The first-order valence-electron chi connectivity index (χ1n) is 13.8. The van der Waals surface area contributed by atoms with Crippen molar-refractivity contribution in [2.75, 3.05) is 53.1 Å². The molecule has 1 aromatic carbocycles. The molecule has 1 spiro atoms. The van der Waals surface area contributed by atoms with Crippen molar-refractivity contribution >= 4 is 27.3 Å². The summed E-state index contributed by atoms with van der Waals surface area (Å²) in [5, 5.41) is 13.6. The molecule has 2 saturated heterocycles. The molecule has 4 heterocycles. The molecule has 3 aliphatic rings. The Balaban J connectivity index is 1.31. The average Bonchev–Trinajstić information content (AvgIpc) is 3.50. The molecule has 1 saturated carbocycles. The molecule has 0 unspecified atom stereocenters. The number of aliphatic hydroxyl groups excluding tert-OH is 1. The summed E-state index contributed by atoms with van der Waals surface area (Å²) in [5.41, 5.74) is 2.67. The van der Waals surface area contributed by atoms with Gasteiger partial charge in [0, 0.05) is 50.8 Å². The van der Waals surface area contributed by atoms with Gasteiger partial charge in [-0.3, -0.25) is 4.72 Å². The maximum Gasteiger partial charge on any atom is 0.251 e. The van der Waals surface area contributed by atoms with E-state index in [-0.39, 0.29) is 37.6 Å². The van der Waals surface area contributed by atoms with E-state index in [9.17, 15) is 21.6 Å². The first-order valence-corrected chi connectivity index (χ1v) is 15.4. The van der Waals surface area contributed by atoms with Crippen LogP contribution in [-0.2, 0) is 10.0 Å². The normalized spacial score (nSPS) is 19.9. The van der Waals surface area contributed by atoms with Crippen molar-refractivity contribution in [3.05, 3.63) is 42.6 Å². The summed E-state index contributed by atoms with van der Waals surface area (Å²) in [6.45, 7) is 1.29. The second-order valence-corrected chi connectivity index (χ2v) is 13.1. The third-order valence-electron chi connectivity index (χ3n) is 8.34. The van der Waals surface area contributed by atoms with Crippen LogP contribution in [0.4, 0.5) is 30.5 Å². The monoisotopic (exact) mass is 591 g/mol. The van der Waals surface area contributed by atoms with Gasteiger partial charge in [0.1, 0.15) is 5.69 Å². The zero-order valence-corrected chi connectivity index (χ0v) is 23.3. The van der Waals surface area contributed by atoms with Crippen molar-refractivity contribution in [3.63, 3.8) is 0 Å². The predicted molar refractivity (Wildman–Crippen MR) is 149 cm³/mol. The van der Waals surface area contributed by atoms with E-state index in [0.29, 0.717) is 22.4 Å². The van der Waals surface area contributed by atoms with Crippen molar-refractivity contribution in [1.29, 1.82) is 0 Å². The highest BCUT2D eigenvalue weighted by molar-refractivity contribution is 7.92. The van der Waals surface area contributed by atoms with Crippen LogP contribution in [0.25, 0.3) is 16.9 Å². The van der Waals surface area contributed by atoms with Crippen molar-refractivity contribution < 1.29 is 26.7 Å². The van der Waals surface area contributed by atoms with E-state index in [2.05, 4.69) is 24.7 Å². The van der Waals surface area contributed by atoms with Gasteiger partial charge in [0.05, 0.1) is 41.8 Å². The third-order valence-corrected chi connectivity index (χ3v) is 9.61. The van der Waals surface area contributed by atoms with Gasteiger partial charge in [-0.05, 0) is 49.3 Å². The third kappa shape index (κ3) is 5.98. The minimum Gasteiger partial charge on any atom is -0.395 e. The minimum atomic E-state index is -3.72. The molecule has 0 amide bonds. The zero-order chi connectivity index (χ0) is 28.8. The topological polar surface area (TPSA) is 116 Å². The van der Waals surface area contributed by atoms with E-state index >= 15 is 0 Å². The Labute approximate surface area is 236 Å². The molecule has 3 aromatic rings. The number of benzene rings is 1. The first-order chi connectivity index (χ1) is 19.6. The van der Waals surface area contributed by atoms with Gasteiger partial charge in [-0.15, -0.1) is 0 Å². The van der Waals surface area contributed by atoms with Crippen LogP contribution in [-0.4, -0.2) is 77.7 Å². The van der Waals surface area contributed by atoms with Crippen LogP contribution in [0.3, 0.4) is 0 Å². The molecule has 2 aliphatic heterocycles.